The summed E-state index contributed by atoms with van der Waals surface area (Å²) in [5.74, 6) is -2.48. The standard InChI is InChI=1S/C13H13F4NO3S/c14-11-3-2-9(8-10(11)13(15,16)17)12(19)18-4-1-6-22(20,21)7-5-18/h2-3,8H,1,4-7H2. The lowest BCUT2D eigenvalue weighted by Crippen LogP contribution is -2.33. The zero-order chi connectivity index (χ0) is 16.5. The molecule has 0 atom stereocenters. The van der Waals surface area contributed by atoms with Crippen LogP contribution in [-0.2, 0) is 16.0 Å². The maximum atomic E-state index is 13.2. The van der Waals surface area contributed by atoms with E-state index in [0.717, 1.165) is 6.07 Å². The molecule has 9 heteroatoms. The van der Waals surface area contributed by atoms with Crippen molar-refractivity contribution in [2.24, 2.45) is 0 Å². The van der Waals surface area contributed by atoms with Crippen LogP contribution in [0.5, 0.6) is 0 Å². The third-order valence-electron chi connectivity index (χ3n) is 3.36. The molecule has 122 valence electrons. The van der Waals surface area contributed by atoms with Gasteiger partial charge in [-0.2, -0.15) is 13.2 Å². The summed E-state index contributed by atoms with van der Waals surface area (Å²) in [6, 6.07) is 2.01. The Morgan fingerprint density at radius 2 is 1.82 bits per heavy atom. The molecule has 1 heterocycles. The molecule has 1 fully saturated rings. The monoisotopic (exact) mass is 339 g/mol. The van der Waals surface area contributed by atoms with Crippen molar-refractivity contribution in [1.82, 2.24) is 4.90 Å². The number of amides is 1. The molecule has 0 radical (unpaired) electrons. The Bertz CT molecular complexity index is 685. The van der Waals surface area contributed by atoms with Gasteiger partial charge in [-0.1, -0.05) is 0 Å². The first-order chi connectivity index (χ1) is 10.1. The summed E-state index contributed by atoms with van der Waals surface area (Å²) >= 11 is 0. The van der Waals surface area contributed by atoms with Gasteiger partial charge in [-0.05, 0) is 24.6 Å². The number of sulfone groups is 1. The molecule has 1 aliphatic heterocycles. The van der Waals surface area contributed by atoms with Crippen molar-refractivity contribution in [2.45, 2.75) is 12.6 Å². The van der Waals surface area contributed by atoms with Gasteiger partial charge in [0, 0.05) is 18.7 Å². The number of nitrogens with zero attached hydrogens (tertiary/aromatic N) is 1. The van der Waals surface area contributed by atoms with Crippen LogP contribution in [0.15, 0.2) is 18.2 Å². The SMILES string of the molecule is O=C(c1ccc(F)c(C(F)(F)F)c1)N1CCCS(=O)(=O)CC1. The third kappa shape index (κ3) is 3.76. The summed E-state index contributed by atoms with van der Waals surface area (Å²) in [7, 11) is -3.24. The Morgan fingerprint density at radius 1 is 1.14 bits per heavy atom. The van der Waals surface area contributed by atoms with E-state index in [1.807, 2.05) is 0 Å². The number of alkyl halides is 3. The van der Waals surface area contributed by atoms with Gasteiger partial charge in [0.05, 0.1) is 17.1 Å². The molecule has 4 nitrogen and oxygen atoms in total. The lowest BCUT2D eigenvalue weighted by Gasteiger charge is -2.20. The van der Waals surface area contributed by atoms with Gasteiger partial charge < -0.3 is 4.90 Å². The Kier molecular flexibility index (Phi) is 4.46. The van der Waals surface area contributed by atoms with Crippen LogP contribution in [-0.4, -0.2) is 43.8 Å². The molecule has 0 bridgehead atoms. The van der Waals surface area contributed by atoms with Crippen LogP contribution in [0, 0.1) is 5.82 Å². The van der Waals surface area contributed by atoms with Crippen LogP contribution in [0.25, 0.3) is 0 Å². The highest BCUT2D eigenvalue weighted by molar-refractivity contribution is 7.91. The lowest BCUT2D eigenvalue weighted by atomic mass is 10.1. The lowest BCUT2D eigenvalue weighted by molar-refractivity contribution is -0.140. The highest BCUT2D eigenvalue weighted by atomic mass is 32.2. The maximum absolute atomic E-state index is 13.2. The highest BCUT2D eigenvalue weighted by Gasteiger charge is 2.35. The molecule has 2 rings (SSSR count). The van der Waals surface area contributed by atoms with Gasteiger partial charge in [0.25, 0.3) is 5.91 Å². The van der Waals surface area contributed by atoms with Gasteiger partial charge in [-0.25, -0.2) is 12.8 Å². The van der Waals surface area contributed by atoms with Gasteiger partial charge in [-0.3, -0.25) is 4.79 Å². The average molecular weight is 339 g/mol. The van der Waals surface area contributed by atoms with E-state index < -0.39 is 33.3 Å². The van der Waals surface area contributed by atoms with Crippen LogP contribution < -0.4 is 0 Å². The minimum atomic E-state index is -4.90. The molecular weight excluding hydrogens is 326 g/mol. The third-order valence-corrected chi connectivity index (χ3v) is 5.08. The van der Waals surface area contributed by atoms with Crippen molar-refractivity contribution in [3.8, 4) is 0 Å². The van der Waals surface area contributed by atoms with Crippen LogP contribution in [0.1, 0.15) is 22.3 Å². The fraction of sp³-hybridized carbons (Fsp3) is 0.462. The maximum Gasteiger partial charge on any atom is 0.419 e. The predicted octanol–water partition coefficient (Wildman–Crippen LogP) is 2.11. The zero-order valence-corrected chi connectivity index (χ0v) is 12.2. The summed E-state index contributed by atoms with van der Waals surface area (Å²) in [5, 5.41) is 0. The predicted molar refractivity (Wildman–Crippen MR) is 70.6 cm³/mol. The van der Waals surface area contributed by atoms with Crippen LogP contribution in [0.4, 0.5) is 17.6 Å². The van der Waals surface area contributed by atoms with Crippen molar-refractivity contribution in [1.29, 1.82) is 0 Å². The van der Waals surface area contributed by atoms with E-state index in [0.29, 0.717) is 12.1 Å². The topological polar surface area (TPSA) is 54.5 Å². The van der Waals surface area contributed by atoms with E-state index in [9.17, 15) is 30.8 Å². The smallest absolute Gasteiger partial charge is 0.338 e. The van der Waals surface area contributed by atoms with E-state index in [4.69, 9.17) is 0 Å². The second-order valence-corrected chi connectivity index (χ2v) is 7.29. The summed E-state index contributed by atoms with van der Waals surface area (Å²) < 4.78 is 74.1. The minimum Gasteiger partial charge on any atom is -0.338 e. The number of hydrogen-bond acceptors (Lipinski definition) is 3. The molecule has 1 saturated heterocycles. The Morgan fingerprint density at radius 3 is 2.45 bits per heavy atom. The van der Waals surface area contributed by atoms with E-state index in [-0.39, 0.29) is 36.6 Å². The molecule has 0 aromatic heterocycles. The van der Waals surface area contributed by atoms with Gasteiger partial charge in [0.1, 0.15) is 5.82 Å². The van der Waals surface area contributed by atoms with Crippen LogP contribution in [0.2, 0.25) is 0 Å². The van der Waals surface area contributed by atoms with Gasteiger partial charge in [0.2, 0.25) is 0 Å². The molecule has 1 amide bonds. The first-order valence-electron chi connectivity index (χ1n) is 6.46. The van der Waals surface area contributed by atoms with Crippen LogP contribution >= 0.6 is 0 Å². The number of carbonyl (C=O) groups is 1. The molecule has 0 unspecified atom stereocenters. The van der Waals surface area contributed by atoms with Crippen molar-refractivity contribution in [3.63, 3.8) is 0 Å². The number of halogens is 4. The molecule has 1 aromatic rings. The van der Waals surface area contributed by atoms with Crippen molar-refractivity contribution in [3.05, 3.63) is 35.1 Å². The number of hydrogen-bond donors (Lipinski definition) is 0. The van der Waals surface area contributed by atoms with Gasteiger partial charge in [0.15, 0.2) is 9.84 Å². The molecular formula is C13H13F4NO3S. The zero-order valence-electron chi connectivity index (χ0n) is 11.4. The fourth-order valence-electron chi connectivity index (χ4n) is 2.20. The molecule has 22 heavy (non-hydrogen) atoms. The van der Waals surface area contributed by atoms with Gasteiger partial charge in [-0.15, -0.1) is 0 Å². The van der Waals surface area contributed by atoms with E-state index in [2.05, 4.69) is 0 Å². The number of rotatable bonds is 1. The number of carbonyl (C=O) groups excluding carboxylic acids is 1. The van der Waals surface area contributed by atoms with Crippen molar-refractivity contribution in [2.75, 3.05) is 24.6 Å². The molecule has 1 aliphatic rings. The summed E-state index contributed by atoms with van der Waals surface area (Å²) in [5.41, 5.74) is -1.83. The second kappa shape index (κ2) is 5.86. The molecule has 0 saturated carbocycles. The Balaban J connectivity index is 2.26. The largest absolute Gasteiger partial charge is 0.419 e. The minimum absolute atomic E-state index is 0.0615. The Hall–Kier alpha value is -1.64. The van der Waals surface area contributed by atoms with Gasteiger partial charge >= 0.3 is 6.18 Å². The first kappa shape index (κ1) is 16.7. The fourth-order valence-corrected chi connectivity index (χ4v) is 3.47. The van der Waals surface area contributed by atoms with Crippen molar-refractivity contribution < 1.29 is 30.8 Å². The second-order valence-electron chi connectivity index (χ2n) is 4.99. The molecule has 1 aromatic carbocycles. The Labute approximate surface area is 124 Å². The summed E-state index contributed by atoms with van der Waals surface area (Å²) in [6.45, 7) is 0.0523. The van der Waals surface area contributed by atoms with E-state index in [1.54, 1.807) is 0 Å². The average Bonchev–Trinajstić information content (AvgIpc) is 2.58. The summed E-state index contributed by atoms with van der Waals surface area (Å²) in [6.07, 6.45) is -4.68. The normalized spacial score (nSPS) is 18.8. The molecule has 0 spiro atoms. The summed E-state index contributed by atoms with van der Waals surface area (Å²) in [4.78, 5) is 13.4. The quantitative estimate of drug-likeness (QED) is 0.737. The highest BCUT2D eigenvalue weighted by Crippen LogP contribution is 2.32. The van der Waals surface area contributed by atoms with E-state index in [1.165, 1.54) is 4.90 Å². The number of benzene rings is 1. The molecule has 0 N–H and O–H groups in total. The van der Waals surface area contributed by atoms with Crippen LogP contribution in [0.3, 0.4) is 0 Å². The molecule has 0 aliphatic carbocycles. The van der Waals surface area contributed by atoms with E-state index >= 15 is 0 Å². The van der Waals surface area contributed by atoms with Crippen molar-refractivity contribution >= 4 is 15.7 Å². The first-order valence-corrected chi connectivity index (χ1v) is 8.29.